The maximum absolute atomic E-state index is 11.7. The van der Waals surface area contributed by atoms with Crippen molar-refractivity contribution in [1.29, 1.82) is 0 Å². The predicted octanol–water partition coefficient (Wildman–Crippen LogP) is 2.80. The third kappa shape index (κ3) is 4.31. The van der Waals surface area contributed by atoms with Crippen LogP contribution in [0.2, 0.25) is 0 Å². The molecule has 0 N–H and O–H groups in total. The highest BCUT2D eigenvalue weighted by Gasteiger charge is 2.18. The van der Waals surface area contributed by atoms with E-state index in [9.17, 15) is 4.79 Å². The average molecular weight is 340 g/mol. The van der Waals surface area contributed by atoms with E-state index in [0.717, 1.165) is 44.0 Å². The second-order valence-corrected chi connectivity index (χ2v) is 6.16. The molecule has 1 saturated heterocycles. The Kier molecular flexibility index (Phi) is 5.56. The Morgan fingerprint density at radius 1 is 1.00 bits per heavy atom. The van der Waals surface area contributed by atoms with Crippen LogP contribution in [-0.2, 0) is 11.3 Å². The van der Waals surface area contributed by atoms with Crippen LogP contribution in [0.15, 0.2) is 48.5 Å². The van der Waals surface area contributed by atoms with Gasteiger partial charge in [0, 0.05) is 44.5 Å². The fraction of sp³-hybridized carbons (Fsp3) is 0.350. The molecule has 1 fully saturated rings. The molecule has 1 aliphatic heterocycles. The minimum atomic E-state index is -0.287. The van der Waals surface area contributed by atoms with E-state index in [0.29, 0.717) is 5.56 Å². The fourth-order valence-corrected chi connectivity index (χ4v) is 3.14. The zero-order chi connectivity index (χ0) is 17.6. The molecular weight excluding hydrogens is 316 g/mol. The third-order valence-corrected chi connectivity index (χ3v) is 4.55. The van der Waals surface area contributed by atoms with Gasteiger partial charge in [0.1, 0.15) is 5.75 Å². The second kappa shape index (κ2) is 8.03. The molecule has 0 spiro atoms. The largest absolute Gasteiger partial charge is 0.497 e. The molecule has 1 heterocycles. The van der Waals surface area contributed by atoms with Gasteiger partial charge in [-0.1, -0.05) is 18.2 Å². The van der Waals surface area contributed by atoms with Crippen LogP contribution < -0.4 is 9.64 Å². The summed E-state index contributed by atoms with van der Waals surface area (Å²) in [5.74, 6) is 0.601. The number of carbonyl (C=O) groups excluding carboxylic acids is 1. The van der Waals surface area contributed by atoms with E-state index in [-0.39, 0.29) is 5.97 Å². The Hall–Kier alpha value is -2.53. The van der Waals surface area contributed by atoms with Crippen LogP contribution in [0.5, 0.6) is 5.75 Å². The summed E-state index contributed by atoms with van der Waals surface area (Å²) in [6.07, 6.45) is 0. The first-order valence-corrected chi connectivity index (χ1v) is 8.48. The smallest absolute Gasteiger partial charge is 0.337 e. The maximum atomic E-state index is 11.7. The molecule has 2 aromatic rings. The van der Waals surface area contributed by atoms with Gasteiger partial charge in [-0.05, 0) is 29.8 Å². The molecule has 0 aromatic heterocycles. The number of anilines is 1. The number of rotatable bonds is 5. The predicted molar refractivity (Wildman–Crippen MR) is 98.3 cm³/mol. The Morgan fingerprint density at radius 3 is 2.48 bits per heavy atom. The van der Waals surface area contributed by atoms with Crippen molar-refractivity contribution in [2.45, 2.75) is 6.54 Å². The number of hydrogen-bond acceptors (Lipinski definition) is 5. The quantitative estimate of drug-likeness (QED) is 0.783. The zero-order valence-electron chi connectivity index (χ0n) is 14.8. The molecule has 0 aliphatic carbocycles. The van der Waals surface area contributed by atoms with E-state index in [4.69, 9.17) is 9.47 Å². The van der Waals surface area contributed by atoms with Gasteiger partial charge < -0.3 is 14.4 Å². The van der Waals surface area contributed by atoms with E-state index in [1.807, 2.05) is 24.3 Å². The first kappa shape index (κ1) is 17.3. The lowest BCUT2D eigenvalue weighted by molar-refractivity contribution is 0.0600. The van der Waals surface area contributed by atoms with Crippen molar-refractivity contribution in [1.82, 2.24) is 4.90 Å². The summed E-state index contributed by atoms with van der Waals surface area (Å²) in [5, 5.41) is 0. The first-order valence-electron chi connectivity index (χ1n) is 8.48. The van der Waals surface area contributed by atoms with Gasteiger partial charge >= 0.3 is 5.97 Å². The SMILES string of the molecule is COC(=O)c1cccc(CN2CCN(c3cccc(OC)c3)CC2)c1. The number of esters is 1. The summed E-state index contributed by atoms with van der Waals surface area (Å²) < 4.78 is 10.1. The molecule has 132 valence electrons. The lowest BCUT2D eigenvalue weighted by Crippen LogP contribution is -2.45. The number of carbonyl (C=O) groups is 1. The monoisotopic (exact) mass is 340 g/mol. The Morgan fingerprint density at radius 2 is 1.76 bits per heavy atom. The minimum Gasteiger partial charge on any atom is -0.497 e. The van der Waals surface area contributed by atoms with Crippen LogP contribution in [0.3, 0.4) is 0 Å². The van der Waals surface area contributed by atoms with Crippen molar-refractivity contribution < 1.29 is 14.3 Å². The van der Waals surface area contributed by atoms with Gasteiger partial charge in [0.15, 0.2) is 0 Å². The van der Waals surface area contributed by atoms with Gasteiger partial charge in [-0.3, -0.25) is 4.90 Å². The molecule has 3 rings (SSSR count). The van der Waals surface area contributed by atoms with Crippen LogP contribution in [0.1, 0.15) is 15.9 Å². The number of methoxy groups -OCH3 is 2. The standard InChI is InChI=1S/C20H24N2O3/c1-24-19-8-4-7-18(14-19)22-11-9-21(10-12-22)15-16-5-3-6-17(13-16)20(23)25-2/h3-8,13-14H,9-12,15H2,1-2H3. The van der Waals surface area contributed by atoms with Crippen molar-refractivity contribution in [2.75, 3.05) is 45.3 Å². The van der Waals surface area contributed by atoms with Gasteiger partial charge in [0.25, 0.3) is 0 Å². The summed E-state index contributed by atoms with van der Waals surface area (Å²) in [6.45, 7) is 4.77. The lowest BCUT2D eigenvalue weighted by atomic mass is 10.1. The highest BCUT2D eigenvalue weighted by molar-refractivity contribution is 5.89. The highest BCUT2D eigenvalue weighted by Crippen LogP contribution is 2.22. The summed E-state index contributed by atoms with van der Waals surface area (Å²) in [4.78, 5) is 16.4. The van der Waals surface area contributed by atoms with Crippen molar-refractivity contribution in [3.05, 3.63) is 59.7 Å². The molecular formula is C20H24N2O3. The Balaban J connectivity index is 1.58. The topological polar surface area (TPSA) is 42.0 Å². The summed E-state index contributed by atoms with van der Waals surface area (Å²) in [7, 11) is 3.10. The first-order chi connectivity index (χ1) is 12.2. The van der Waals surface area contributed by atoms with Gasteiger partial charge in [0.05, 0.1) is 19.8 Å². The number of hydrogen-bond donors (Lipinski definition) is 0. The second-order valence-electron chi connectivity index (χ2n) is 6.16. The van der Waals surface area contributed by atoms with E-state index in [1.54, 1.807) is 13.2 Å². The maximum Gasteiger partial charge on any atom is 0.337 e. The van der Waals surface area contributed by atoms with Crippen molar-refractivity contribution in [3.8, 4) is 5.75 Å². The minimum absolute atomic E-state index is 0.287. The van der Waals surface area contributed by atoms with Gasteiger partial charge in [-0.25, -0.2) is 4.79 Å². The molecule has 0 bridgehead atoms. The van der Waals surface area contributed by atoms with Crippen molar-refractivity contribution in [3.63, 3.8) is 0 Å². The summed E-state index contributed by atoms with van der Waals surface area (Å²) >= 11 is 0. The number of nitrogens with zero attached hydrogens (tertiary/aromatic N) is 2. The fourth-order valence-electron chi connectivity index (χ4n) is 3.14. The molecule has 0 unspecified atom stereocenters. The van der Waals surface area contributed by atoms with Crippen molar-refractivity contribution in [2.24, 2.45) is 0 Å². The molecule has 2 aromatic carbocycles. The Labute approximate surface area is 148 Å². The van der Waals surface area contributed by atoms with Gasteiger partial charge in [-0.15, -0.1) is 0 Å². The van der Waals surface area contributed by atoms with Crippen LogP contribution >= 0.6 is 0 Å². The molecule has 1 aliphatic rings. The third-order valence-electron chi connectivity index (χ3n) is 4.55. The lowest BCUT2D eigenvalue weighted by Gasteiger charge is -2.36. The van der Waals surface area contributed by atoms with Crippen LogP contribution in [-0.4, -0.2) is 51.3 Å². The highest BCUT2D eigenvalue weighted by atomic mass is 16.5. The summed E-state index contributed by atoms with van der Waals surface area (Å²) in [6, 6.07) is 15.9. The van der Waals surface area contributed by atoms with E-state index < -0.39 is 0 Å². The molecule has 25 heavy (non-hydrogen) atoms. The van der Waals surface area contributed by atoms with Crippen LogP contribution in [0.4, 0.5) is 5.69 Å². The summed E-state index contributed by atoms with van der Waals surface area (Å²) in [5.41, 5.74) is 2.94. The molecule has 5 nitrogen and oxygen atoms in total. The van der Waals surface area contributed by atoms with E-state index in [2.05, 4.69) is 28.0 Å². The molecule has 0 atom stereocenters. The van der Waals surface area contributed by atoms with E-state index >= 15 is 0 Å². The average Bonchev–Trinajstić information content (AvgIpc) is 2.68. The number of ether oxygens (including phenoxy) is 2. The number of piperazine rings is 1. The molecule has 0 saturated carbocycles. The zero-order valence-corrected chi connectivity index (χ0v) is 14.8. The normalized spacial score (nSPS) is 15.0. The molecule has 0 amide bonds. The van der Waals surface area contributed by atoms with Gasteiger partial charge in [-0.2, -0.15) is 0 Å². The Bertz CT molecular complexity index is 724. The van der Waals surface area contributed by atoms with E-state index in [1.165, 1.54) is 12.8 Å². The molecule has 0 radical (unpaired) electrons. The molecule has 5 heteroatoms. The van der Waals surface area contributed by atoms with Gasteiger partial charge in [0.2, 0.25) is 0 Å². The van der Waals surface area contributed by atoms with Crippen LogP contribution in [0, 0.1) is 0 Å². The number of benzene rings is 2. The van der Waals surface area contributed by atoms with Crippen LogP contribution in [0.25, 0.3) is 0 Å². The van der Waals surface area contributed by atoms with Crippen molar-refractivity contribution >= 4 is 11.7 Å².